The van der Waals surface area contributed by atoms with E-state index >= 15 is 0 Å². The third-order valence-corrected chi connectivity index (χ3v) is 3.73. The Hall–Kier alpha value is -1.03. The van der Waals surface area contributed by atoms with Gasteiger partial charge in [-0.3, -0.25) is 4.79 Å². The summed E-state index contributed by atoms with van der Waals surface area (Å²) in [4.78, 5) is 11.7. The highest BCUT2D eigenvalue weighted by atomic mass is 32.1. The van der Waals surface area contributed by atoms with Gasteiger partial charge in [0, 0.05) is 6.54 Å². The summed E-state index contributed by atoms with van der Waals surface area (Å²) in [6, 6.07) is 4.71. The highest BCUT2D eigenvalue weighted by molar-refractivity contribution is 7.81. The Morgan fingerprint density at radius 2 is 2.11 bits per heavy atom. The van der Waals surface area contributed by atoms with Gasteiger partial charge in [-0.1, -0.05) is 19.9 Å². The van der Waals surface area contributed by atoms with Crippen LogP contribution < -0.4 is 5.32 Å². The summed E-state index contributed by atoms with van der Waals surface area (Å²) in [6.45, 7) is 6.34. The Morgan fingerprint density at radius 1 is 1.44 bits per heavy atom. The molecule has 0 saturated heterocycles. The number of halogens is 1. The molecule has 1 unspecified atom stereocenters. The highest BCUT2D eigenvalue weighted by Crippen LogP contribution is 2.11. The quantitative estimate of drug-likeness (QED) is 0.791. The van der Waals surface area contributed by atoms with Gasteiger partial charge >= 0.3 is 0 Å². The SMILES string of the molecule is Cc1cc(F)ccc1CCNC(=O)C(S)C(C)C. The maximum absolute atomic E-state index is 12.9. The fraction of sp³-hybridized carbons (Fsp3) is 0.500. The van der Waals surface area contributed by atoms with Crippen molar-refractivity contribution < 1.29 is 9.18 Å². The van der Waals surface area contributed by atoms with Crippen LogP contribution in [0.3, 0.4) is 0 Å². The Bertz CT molecular complexity index is 420. The van der Waals surface area contributed by atoms with E-state index in [1.165, 1.54) is 12.1 Å². The lowest BCUT2D eigenvalue weighted by molar-refractivity contribution is -0.121. The molecule has 1 aromatic rings. The van der Waals surface area contributed by atoms with Crippen LogP contribution >= 0.6 is 12.6 Å². The van der Waals surface area contributed by atoms with Gasteiger partial charge in [-0.2, -0.15) is 12.6 Å². The standard InChI is InChI=1S/C14H20FNOS/c1-9(2)13(18)14(17)16-7-6-11-4-5-12(15)8-10(11)3/h4-5,8-9,13,18H,6-7H2,1-3H3,(H,16,17). The molecule has 0 heterocycles. The van der Waals surface area contributed by atoms with Crippen molar-refractivity contribution in [3.05, 3.63) is 35.1 Å². The van der Waals surface area contributed by atoms with Gasteiger partial charge in [-0.25, -0.2) is 4.39 Å². The van der Waals surface area contributed by atoms with Crippen molar-refractivity contribution in [2.75, 3.05) is 6.54 Å². The van der Waals surface area contributed by atoms with E-state index in [9.17, 15) is 9.18 Å². The predicted octanol–water partition coefficient (Wildman–Crippen LogP) is 2.75. The van der Waals surface area contributed by atoms with Crippen LogP contribution in [0.15, 0.2) is 18.2 Å². The van der Waals surface area contributed by atoms with Gasteiger partial charge in [-0.15, -0.1) is 0 Å². The van der Waals surface area contributed by atoms with Crippen LogP contribution in [0.5, 0.6) is 0 Å². The van der Waals surface area contributed by atoms with Crippen LogP contribution in [0.2, 0.25) is 0 Å². The third-order valence-electron chi connectivity index (χ3n) is 2.90. The molecule has 1 rings (SSSR count). The highest BCUT2D eigenvalue weighted by Gasteiger charge is 2.16. The van der Waals surface area contributed by atoms with Crippen molar-refractivity contribution in [3.8, 4) is 0 Å². The van der Waals surface area contributed by atoms with E-state index in [4.69, 9.17) is 0 Å². The number of rotatable bonds is 5. The van der Waals surface area contributed by atoms with Crippen LogP contribution in [0.25, 0.3) is 0 Å². The molecule has 1 aromatic carbocycles. The van der Waals surface area contributed by atoms with Crippen molar-refractivity contribution in [2.45, 2.75) is 32.4 Å². The minimum atomic E-state index is -0.278. The topological polar surface area (TPSA) is 29.1 Å². The summed E-state index contributed by atoms with van der Waals surface area (Å²) < 4.78 is 12.9. The lowest BCUT2D eigenvalue weighted by atomic mass is 10.1. The second kappa shape index (κ2) is 6.78. The lowest BCUT2D eigenvalue weighted by Crippen LogP contribution is -2.35. The number of hydrogen-bond acceptors (Lipinski definition) is 2. The zero-order valence-corrected chi connectivity index (χ0v) is 11.9. The predicted molar refractivity (Wildman–Crippen MR) is 75.5 cm³/mol. The molecule has 0 aliphatic rings. The Labute approximate surface area is 113 Å². The molecule has 0 aromatic heterocycles. The fourth-order valence-corrected chi connectivity index (χ4v) is 1.76. The number of carbonyl (C=O) groups excluding carboxylic acids is 1. The van der Waals surface area contributed by atoms with Crippen molar-refractivity contribution in [2.24, 2.45) is 5.92 Å². The molecule has 1 N–H and O–H groups in total. The summed E-state index contributed by atoms with van der Waals surface area (Å²) >= 11 is 4.25. The first-order valence-electron chi connectivity index (χ1n) is 6.12. The van der Waals surface area contributed by atoms with Gasteiger partial charge in [0.25, 0.3) is 0 Å². The molecule has 2 nitrogen and oxygen atoms in total. The average molecular weight is 269 g/mol. The summed E-state index contributed by atoms with van der Waals surface area (Å²) in [5, 5.41) is 2.57. The van der Waals surface area contributed by atoms with E-state index in [0.717, 1.165) is 11.1 Å². The van der Waals surface area contributed by atoms with Gasteiger partial charge in [-0.05, 0) is 42.5 Å². The minimum Gasteiger partial charge on any atom is -0.355 e. The number of nitrogens with one attached hydrogen (secondary N) is 1. The van der Waals surface area contributed by atoms with Crippen molar-refractivity contribution in [3.63, 3.8) is 0 Å². The normalized spacial score (nSPS) is 12.6. The molecular formula is C14H20FNOS. The molecule has 0 bridgehead atoms. The molecule has 0 aliphatic carbocycles. The van der Waals surface area contributed by atoms with E-state index in [-0.39, 0.29) is 22.9 Å². The van der Waals surface area contributed by atoms with Crippen LogP contribution in [-0.2, 0) is 11.2 Å². The van der Waals surface area contributed by atoms with Gasteiger partial charge in [0.2, 0.25) is 5.91 Å². The molecule has 0 spiro atoms. The molecule has 18 heavy (non-hydrogen) atoms. The Morgan fingerprint density at radius 3 is 2.67 bits per heavy atom. The average Bonchev–Trinajstić information content (AvgIpc) is 2.30. The first kappa shape index (κ1) is 15.0. The van der Waals surface area contributed by atoms with Crippen molar-refractivity contribution in [1.82, 2.24) is 5.32 Å². The van der Waals surface area contributed by atoms with E-state index in [2.05, 4.69) is 17.9 Å². The minimum absolute atomic E-state index is 0.0481. The summed E-state index contributed by atoms with van der Waals surface area (Å²) in [6.07, 6.45) is 0.705. The summed E-state index contributed by atoms with van der Waals surface area (Å²) in [5.41, 5.74) is 1.97. The van der Waals surface area contributed by atoms with Crippen LogP contribution in [0.4, 0.5) is 4.39 Å². The zero-order chi connectivity index (χ0) is 13.7. The first-order valence-corrected chi connectivity index (χ1v) is 6.64. The smallest absolute Gasteiger partial charge is 0.233 e. The third kappa shape index (κ3) is 4.33. The molecular weight excluding hydrogens is 249 g/mol. The summed E-state index contributed by atoms with van der Waals surface area (Å²) in [7, 11) is 0. The van der Waals surface area contributed by atoms with E-state index in [1.54, 1.807) is 6.07 Å². The van der Waals surface area contributed by atoms with Gasteiger partial charge < -0.3 is 5.32 Å². The molecule has 100 valence electrons. The fourth-order valence-electron chi connectivity index (χ4n) is 1.67. The van der Waals surface area contributed by atoms with Crippen LogP contribution in [-0.4, -0.2) is 17.7 Å². The van der Waals surface area contributed by atoms with Gasteiger partial charge in [0.1, 0.15) is 5.82 Å². The number of hydrogen-bond donors (Lipinski definition) is 2. The molecule has 0 saturated carbocycles. The van der Waals surface area contributed by atoms with Gasteiger partial charge in [0.05, 0.1) is 5.25 Å². The molecule has 1 amide bonds. The first-order chi connectivity index (χ1) is 8.41. The molecule has 4 heteroatoms. The molecule has 0 fully saturated rings. The number of benzene rings is 1. The number of carbonyl (C=O) groups is 1. The number of amides is 1. The van der Waals surface area contributed by atoms with E-state index < -0.39 is 0 Å². The number of aryl methyl sites for hydroxylation is 1. The van der Waals surface area contributed by atoms with E-state index in [1.807, 2.05) is 20.8 Å². The molecule has 0 radical (unpaired) electrons. The maximum atomic E-state index is 12.9. The maximum Gasteiger partial charge on any atom is 0.233 e. The Balaban J connectivity index is 2.44. The number of thiol groups is 1. The van der Waals surface area contributed by atoms with E-state index in [0.29, 0.717) is 13.0 Å². The molecule has 1 atom stereocenters. The monoisotopic (exact) mass is 269 g/mol. The van der Waals surface area contributed by atoms with Crippen molar-refractivity contribution in [1.29, 1.82) is 0 Å². The zero-order valence-electron chi connectivity index (χ0n) is 11.0. The van der Waals surface area contributed by atoms with Crippen LogP contribution in [0.1, 0.15) is 25.0 Å². The van der Waals surface area contributed by atoms with Gasteiger partial charge in [0.15, 0.2) is 0 Å². The summed E-state index contributed by atoms with van der Waals surface area (Å²) in [5.74, 6) is -0.0653. The molecule has 0 aliphatic heterocycles. The largest absolute Gasteiger partial charge is 0.355 e. The van der Waals surface area contributed by atoms with Crippen LogP contribution in [0, 0.1) is 18.7 Å². The second-order valence-electron chi connectivity index (χ2n) is 4.80. The second-order valence-corrected chi connectivity index (χ2v) is 5.36. The Kier molecular flexibility index (Phi) is 5.66. The van der Waals surface area contributed by atoms with Crippen molar-refractivity contribution >= 4 is 18.5 Å². The lowest BCUT2D eigenvalue weighted by Gasteiger charge is -2.14.